The average Bonchev–Trinajstić information content (AvgIpc) is 2.44. The number of aliphatic hydroxyl groups excluding tert-OH is 1. The molecule has 1 unspecified atom stereocenters. The van der Waals surface area contributed by atoms with Gasteiger partial charge < -0.3 is 15.7 Å². The van der Waals surface area contributed by atoms with Crippen molar-refractivity contribution >= 4 is 23.4 Å². The van der Waals surface area contributed by atoms with Gasteiger partial charge in [-0.15, -0.1) is 0 Å². The summed E-state index contributed by atoms with van der Waals surface area (Å²) in [5.74, 6) is -1.80. The van der Waals surface area contributed by atoms with Crippen LogP contribution in [0.5, 0.6) is 0 Å². The number of hydrogen-bond donors (Lipinski definition) is 3. The minimum Gasteiger partial charge on any atom is -0.393 e. The first-order chi connectivity index (χ1) is 10.3. The Labute approximate surface area is 133 Å². The summed E-state index contributed by atoms with van der Waals surface area (Å²) in [5.41, 5.74) is -0.285. The molecule has 2 amide bonds. The molecule has 0 saturated carbocycles. The molecular weight excluding hydrogens is 311 g/mol. The third-order valence-corrected chi connectivity index (χ3v) is 3.45. The van der Waals surface area contributed by atoms with E-state index in [0.29, 0.717) is 13.0 Å². The van der Waals surface area contributed by atoms with Gasteiger partial charge in [-0.25, -0.2) is 4.39 Å². The number of rotatable bonds is 7. The lowest BCUT2D eigenvalue weighted by atomic mass is 10.0. The van der Waals surface area contributed by atoms with Gasteiger partial charge in [-0.2, -0.15) is 0 Å². The molecule has 0 aliphatic heterocycles. The van der Waals surface area contributed by atoms with Crippen molar-refractivity contribution in [2.45, 2.75) is 26.4 Å². The maximum absolute atomic E-state index is 13.5. The van der Waals surface area contributed by atoms with Crippen LogP contribution in [0.25, 0.3) is 0 Å². The van der Waals surface area contributed by atoms with Crippen LogP contribution in [0.3, 0.4) is 0 Å². The maximum atomic E-state index is 13.5. The number of carbonyl (C=O) groups excluding carboxylic acids is 2. The van der Waals surface area contributed by atoms with Crippen molar-refractivity contribution in [1.82, 2.24) is 10.6 Å². The second-order valence-electron chi connectivity index (χ2n) is 5.23. The quantitative estimate of drug-likeness (QED) is 0.712. The lowest BCUT2D eigenvalue weighted by Crippen LogP contribution is -2.38. The first kappa shape index (κ1) is 18.4. The maximum Gasteiger partial charge on any atom is 0.256 e. The van der Waals surface area contributed by atoms with Gasteiger partial charge in [0.15, 0.2) is 0 Å². The van der Waals surface area contributed by atoms with E-state index in [2.05, 4.69) is 10.6 Å². The van der Waals surface area contributed by atoms with Crippen LogP contribution in [-0.4, -0.2) is 36.1 Å². The predicted octanol–water partition coefficient (Wildman–Crippen LogP) is 1.73. The highest BCUT2D eigenvalue weighted by Gasteiger charge is 2.16. The summed E-state index contributed by atoms with van der Waals surface area (Å²) >= 11 is 5.76. The van der Waals surface area contributed by atoms with E-state index in [0.717, 1.165) is 6.07 Å². The fourth-order valence-electron chi connectivity index (χ4n) is 1.72. The van der Waals surface area contributed by atoms with E-state index < -0.39 is 23.7 Å². The van der Waals surface area contributed by atoms with Crippen molar-refractivity contribution < 1.29 is 19.1 Å². The monoisotopic (exact) mass is 330 g/mol. The third-order valence-electron chi connectivity index (χ3n) is 3.13. The van der Waals surface area contributed by atoms with Crippen molar-refractivity contribution in [2.24, 2.45) is 5.92 Å². The zero-order chi connectivity index (χ0) is 16.7. The molecule has 0 saturated heterocycles. The molecule has 0 radical (unpaired) electrons. The van der Waals surface area contributed by atoms with Crippen LogP contribution in [0.4, 0.5) is 4.39 Å². The van der Waals surface area contributed by atoms with Crippen molar-refractivity contribution in [3.05, 3.63) is 34.6 Å². The molecule has 0 fully saturated rings. The van der Waals surface area contributed by atoms with Crippen LogP contribution in [0, 0.1) is 11.7 Å². The Kier molecular flexibility index (Phi) is 7.27. The molecule has 0 bridgehead atoms. The van der Waals surface area contributed by atoms with Gasteiger partial charge in [-0.1, -0.05) is 31.5 Å². The number of hydrogen-bond acceptors (Lipinski definition) is 3. The lowest BCUT2D eigenvalue weighted by molar-refractivity contribution is -0.120. The minimum atomic E-state index is -0.750. The Morgan fingerprint density at radius 2 is 2.00 bits per heavy atom. The number of benzene rings is 1. The standard InChI is InChI=1S/C15H20ClFN2O3/c1-9(2)12(20)6-7-18-13(21)8-19-15(22)14-10(16)4-3-5-11(14)17/h3-5,9,12,20H,6-8H2,1-2H3,(H,18,21)(H,19,22). The molecule has 0 aliphatic carbocycles. The van der Waals surface area contributed by atoms with E-state index in [1.165, 1.54) is 12.1 Å². The number of aliphatic hydroxyl groups is 1. The van der Waals surface area contributed by atoms with E-state index >= 15 is 0 Å². The molecule has 1 aromatic carbocycles. The molecular formula is C15H20ClFN2O3. The second kappa shape index (κ2) is 8.70. The summed E-state index contributed by atoms with van der Waals surface area (Å²) in [5, 5.41) is 14.4. The molecule has 1 rings (SSSR count). The summed E-state index contributed by atoms with van der Waals surface area (Å²) in [6.07, 6.45) is -0.0663. The van der Waals surface area contributed by atoms with Crippen LogP contribution < -0.4 is 10.6 Å². The molecule has 0 heterocycles. The lowest BCUT2D eigenvalue weighted by Gasteiger charge is -2.14. The summed E-state index contributed by atoms with van der Waals surface area (Å²) in [4.78, 5) is 23.4. The van der Waals surface area contributed by atoms with Crippen LogP contribution in [0.2, 0.25) is 5.02 Å². The highest BCUT2D eigenvalue weighted by atomic mass is 35.5. The number of amides is 2. The number of carbonyl (C=O) groups is 2. The summed E-state index contributed by atoms with van der Waals surface area (Å²) < 4.78 is 13.5. The van der Waals surface area contributed by atoms with Gasteiger partial charge in [0.25, 0.3) is 5.91 Å². The Morgan fingerprint density at radius 3 is 2.59 bits per heavy atom. The van der Waals surface area contributed by atoms with E-state index in [4.69, 9.17) is 11.6 Å². The molecule has 0 aromatic heterocycles. The van der Waals surface area contributed by atoms with Crippen molar-refractivity contribution in [2.75, 3.05) is 13.1 Å². The molecule has 7 heteroatoms. The van der Waals surface area contributed by atoms with E-state index in [1.807, 2.05) is 13.8 Å². The van der Waals surface area contributed by atoms with Gasteiger partial charge in [0.1, 0.15) is 5.82 Å². The van der Waals surface area contributed by atoms with Crippen molar-refractivity contribution in [3.63, 3.8) is 0 Å². The van der Waals surface area contributed by atoms with Crippen molar-refractivity contribution in [1.29, 1.82) is 0 Å². The van der Waals surface area contributed by atoms with Gasteiger partial charge in [0, 0.05) is 6.54 Å². The van der Waals surface area contributed by atoms with Crippen LogP contribution in [0.15, 0.2) is 18.2 Å². The Morgan fingerprint density at radius 1 is 1.32 bits per heavy atom. The van der Waals surface area contributed by atoms with Gasteiger partial charge in [0.05, 0.1) is 23.2 Å². The topological polar surface area (TPSA) is 78.4 Å². The summed E-state index contributed by atoms with van der Waals surface area (Å²) in [6, 6.07) is 3.91. The fraction of sp³-hybridized carbons (Fsp3) is 0.467. The molecule has 0 spiro atoms. The zero-order valence-electron chi connectivity index (χ0n) is 12.5. The van der Waals surface area contributed by atoms with Crippen LogP contribution >= 0.6 is 11.6 Å². The molecule has 0 aliphatic rings. The Bertz CT molecular complexity index is 517. The first-order valence-electron chi connectivity index (χ1n) is 7.00. The van der Waals surface area contributed by atoms with Gasteiger partial charge >= 0.3 is 0 Å². The van der Waals surface area contributed by atoms with Crippen LogP contribution in [-0.2, 0) is 4.79 Å². The molecule has 1 aromatic rings. The van der Waals surface area contributed by atoms with E-state index in [1.54, 1.807) is 0 Å². The zero-order valence-corrected chi connectivity index (χ0v) is 13.3. The van der Waals surface area contributed by atoms with Crippen molar-refractivity contribution in [3.8, 4) is 0 Å². The molecule has 5 nitrogen and oxygen atoms in total. The summed E-state index contributed by atoms with van der Waals surface area (Å²) in [7, 11) is 0. The normalized spacial score (nSPS) is 12.1. The highest BCUT2D eigenvalue weighted by Crippen LogP contribution is 2.18. The molecule has 1 atom stereocenters. The highest BCUT2D eigenvalue weighted by molar-refractivity contribution is 6.33. The SMILES string of the molecule is CC(C)C(O)CCNC(=O)CNC(=O)c1c(F)cccc1Cl. The van der Waals surface area contributed by atoms with Crippen LogP contribution in [0.1, 0.15) is 30.6 Å². The second-order valence-corrected chi connectivity index (χ2v) is 5.64. The average molecular weight is 331 g/mol. The van der Waals surface area contributed by atoms with E-state index in [9.17, 15) is 19.1 Å². The number of halogens is 2. The minimum absolute atomic E-state index is 0.0158. The smallest absolute Gasteiger partial charge is 0.256 e. The molecule has 22 heavy (non-hydrogen) atoms. The number of nitrogens with one attached hydrogen (secondary N) is 2. The Balaban J connectivity index is 2.40. The largest absolute Gasteiger partial charge is 0.393 e. The predicted molar refractivity (Wildman–Crippen MR) is 82.2 cm³/mol. The molecule has 3 N–H and O–H groups in total. The van der Waals surface area contributed by atoms with Gasteiger partial charge in [0.2, 0.25) is 5.91 Å². The first-order valence-corrected chi connectivity index (χ1v) is 7.37. The molecule has 122 valence electrons. The van der Waals surface area contributed by atoms with E-state index in [-0.39, 0.29) is 23.0 Å². The van der Waals surface area contributed by atoms with Gasteiger partial charge in [-0.3, -0.25) is 9.59 Å². The fourth-order valence-corrected chi connectivity index (χ4v) is 1.97. The third kappa shape index (κ3) is 5.61. The Hall–Kier alpha value is -1.66. The summed E-state index contributed by atoms with van der Waals surface area (Å²) in [6.45, 7) is 3.77. The van der Waals surface area contributed by atoms with Gasteiger partial charge in [-0.05, 0) is 24.5 Å².